The molecule has 0 fully saturated rings. The molecule has 0 radical (unpaired) electrons. The topological polar surface area (TPSA) is 12.0 Å². The van der Waals surface area contributed by atoms with E-state index >= 15 is 0 Å². The first-order chi connectivity index (χ1) is 10.4. The summed E-state index contributed by atoms with van der Waals surface area (Å²) in [5.41, 5.74) is 5.10. The Morgan fingerprint density at radius 3 is 0.739 bits per heavy atom. The molecule has 3 heteroatoms. The Kier molecular flexibility index (Phi) is 9.35. The number of rotatable bonds is 10. The van der Waals surface area contributed by atoms with Gasteiger partial charge in [-0.3, -0.25) is 0 Å². The molecule has 0 aliphatic rings. The van der Waals surface area contributed by atoms with Crippen molar-refractivity contribution in [3.05, 3.63) is 0 Å². The van der Waals surface area contributed by atoms with Gasteiger partial charge in [0.2, 0.25) is 0 Å². The van der Waals surface area contributed by atoms with Crippen LogP contribution in [0, 0.1) is 0 Å². The van der Waals surface area contributed by atoms with Gasteiger partial charge >= 0.3 is 0 Å². The van der Waals surface area contributed by atoms with Crippen molar-refractivity contribution in [2.45, 2.75) is 116 Å². The summed E-state index contributed by atoms with van der Waals surface area (Å²) < 4.78 is 0. The maximum Gasteiger partial charge on any atom is 0.0762 e. The zero-order valence-corrected chi connectivity index (χ0v) is 20.4. The van der Waals surface area contributed by atoms with Crippen LogP contribution in [-0.2, 0) is 0 Å². The van der Waals surface area contributed by atoms with Crippen LogP contribution in [0.4, 0.5) is 0 Å². The molecule has 0 aromatic heterocycles. The maximum absolute atomic E-state index is 4.08. The monoisotopic (exact) mass is 357 g/mol. The summed E-state index contributed by atoms with van der Waals surface area (Å²) in [5.74, 6) is 0. The third-order valence-electron chi connectivity index (χ3n) is 7.31. The van der Waals surface area contributed by atoms with Gasteiger partial charge in [-0.25, -0.2) is 0 Å². The van der Waals surface area contributed by atoms with Crippen LogP contribution in [0.15, 0.2) is 0 Å². The van der Waals surface area contributed by atoms with E-state index in [-0.39, 0.29) is 0 Å². The molecular weight excluding hydrogens is 310 g/mol. The van der Waals surface area contributed by atoms with Gasteiger partial charge in [-0.05, 0) is 45.6 Å². The number of hydrogen-bond donors (Lipinski definition) is 1. The van der Waals surface area contributed by atoms with Crippen molar-refractivity contribution in [3.63, 3.8) is 0 Å². The lowest BCUT2D eigenvalue weighted by atomic mass is 10.5. The average Bonchev–Trinajstić information content (AvgIpc) is 2.35. The second-order valence-electron chi connectivity index (χ2n) is 9.76. The summed E-state index contributed by atoms with van der Waals surface area (Å²) in [6.45, 7) is 29.7. The lowest BCUT2D eigenvalue weighted by Crippen LogP contribution is -2.59. The van der Waals surface area contributed by atoms with Crippen molar-refractivity contribution < 1.29 is 0 Å². The first kappa shape index (κ1) is 23.4. The van der Waals surface area contributed by atoms with E-state index in [4.69, 9.17) is 0 Å². The molecular formula is C20H47NSi2. The predicted octanol–water partition coefficient (Wildman–Crippen LogP) is 7.01. The quantitative estimate of drug-likeness (QED) is 0.414. The fourth-order valence-electron chi connectivity index (χ4n) is 5.72. The van der Waals surface area contributed by atoms with Crippen molar-refractivity contribution in [3.8, 4) is 0 Å². The van der Waals surface area contributed by atoms with E-state index in [0.717, 1.165) is 33.2 Å². The Morgan fingerprint density at radius 2 is 0.609 bits per heavy atom. The van der Waals surface area contributed by atoms with Gasteiger partial charge in [0.25, 0.3) is 0 Å². The van der Waals surface area contributed by atoms with Crippen molar-refractivity contribution in [2.75, 3.05) is 12.3 Å². The Morgan fingerprint density at radius 1 is 0.435 bits per heavy atom. The highest BCUT2D eigenvalue weighted by atomic mass is 28.3. The van der Waals surface area contributed by atoms with E-state index in [9.17, 15) is 0 Å². The molecule has 0 rings (SSSR count). The smallest absolute Gasteiger partial charge is 0.0762 e. The second kappa shape index (κ2) is 9.19. The molecule has 23 heavy (non-hydrogen) atoms. The molecule has 0 aliphatic carbocycles. The fraction of sp³-hybridized carbons (Fsp3) is 1.00. The Hall–Kier alpha value is 0.394. The van der Waals surface area contributed by atoms with Gasteiger partial charge < -0.3 is 5.32 Å². The van der Waals surface area contributed by atoms with E-state index in [0.29, 0.717) is 0 Å². The molecule has 0 aromatic carbocycles. The van der Waals surface area contributed by atoms with Crippen molar-refractivity contribution in [1.82, 2.24) is 5.32 Å². The van der Waals surface area contributed by atoms with Crippen molar-refractivity contribution in [1.29, 1.82) is 0 Å². The molecule has 140 valence electrons. The van der Waals surface area contributed by atoms with E-state index in [2.05, 4.69) is 88.4 Å². The van der Waals surface area contributed by atoms with Gasteiger partial charge in [0.15, 0.2) is 0 Å². The zero-order valence-electron chi connectivity index (χ0n) is 18.4. The minimum Gasteiger partial charge on any atom is -0.322 e. The summed E-state index contributed by atoms with van der Waals surface area (Å²) in [5, 5.41) is 4.08. The molecule has 1 nitrogen and oxygen atoms in total. The average molecular weight is 358 g/mol. The molecule has 0 saturated carbocycles. The van der Waals surface area contributed by atoms with Crippen LogP contribution in [0.5, 0.6) is 0 Å². The van der Waals surface area contributed by atoms with Crippen LogP contribution in [0.1, 0.15) is 83.1 Å². The molecule has 0 aliphatic heterocycles. The van der Waals surface area contributed by atoms with E-state index < -0.39 is 16.1 Å². The third kappa shape index (κ3) is 4.73. The molecule has 0 heterocycles. The predicted molar refractivity (Wildman–Crippen MR) is 115 cm³/mol. The zero-order chi connectivity index (χ0) is 18.6. The van der Waals surface area contributed by atoms with Gasteiger partial charge in [0.1, 0.15) is 0 Å². The molecule has 0 aromatic rings. The molecule has 0 unspecified atom stereocenters. The molecule has 0 atom stereocenters. The standard InChI is InChI=1S/C20H47NSi2/c1-15(2)22(16(3)4,17(5)6)13-21-14-23(18(7)8,19(9)10)20(11)12/h15-21H,13-14H2,1-12H3. The summed E-state index contributed by atoms with van der Waals surface area (Å²) in [6.07, 6.45) is 2.61. The molecule has 0 saturated heterocycles. The highest BCUT2D eigenvalue weighted by molar-refractivity contribution is 6.85. The molecule has 0 amide bonds. The third-order valence-corrected chi connectivity index (χ3v) is 21.9. The van der Waals surface area contributed by atoms with E-state index in [1.807, 2.05) is 0 Å². The first-order valence-corrected chi connectivity index (χ1v) is 15.0. The minimum absolute atomic E-state index is 0.850. The van der Waals surface area contributed by atoms with Gasteiger partial charge in [0.05, 0.1) is 16.1 Å². The Balaban J connectivity index is 5.33. The number of nitrogens with one attached hydrogen (secondary N) is 1. The summed E-state index contributed by atoms with van der Waals surface area (Å²) in [7, 11) is -2.64. The van der Waals surface area contributed by atoms with Crippen LogP contribution < -0.4 is 5.32 Å². The molecule has 0 spiro atoms. The molecule has 0 bridgehead atoms. The van der Waals surface area contributed by atoms with Gasteiger partial charge in [-0.1, -0.05) is 83.1 Å². The Labute approximate surface area is 150 Å². The second-order valence-corrected chi connectivity index (χ2v) is 21.8. The SMILES string of the molecule is CC(C)[Si](CNC[Si](C(C)C)(C(C)C)C(C)C)(C(C)C)C(C)C. The van der Waals surface area contributed by atoms with Crippen LogP contribution in [0.3, 0.4) is 0 Å². The van der Waals surface area contributed by atoms with Gasteiger partial charge in [-0.2, -0.15) is 0 Å². The minimum atomic E-state index is -1.32. The Bertz CT molecular complexity index is 257. The summed E-state index contributed by atoms with van der Waals surface area (Å²) >= 11 is 0. The summed E-state index contributed by atoms with van der Waals surface area (Å²) in [6, 6.07) is 0. The lowest BCUT2D eigenvalue weighted by Gasteiger charge is -2.47. The summed E-state index contributed by atoms with van der Waals surface area (Å²) in [4.78, 5) is 0. The van der Waals surface area contributed by atoms with Crippen molar-refractivity contribution in [2.24, 2.45) is 0 Å². The lowest BCUT2D eigenvalue weighted by molar-refractivity contribution is 0.720. The van der Waals surface area contributed by atoms with Crippen LogP contribution in [0.25, 0.3) is 0 Å². The van der Waals surface area contributed by atoms with E-state index in [1.165, 1.54) is 12.3 Å². The first-order valence-electron chi connectivity index (χ1n) is 10.1. The van der Waals surface area contributed by atoms with E-state index in [1.54, 1.807) is 0 Å². The van der Waals surface area contributed by atoms with Crippen LogP contribution in [-0.4, -0.2) is 28.5 Å². The van der Waals surface area contributed by atoms with Crippen molar-refractivity contribution >= 4 is 16.1 Å². The number of hydrogen-bond acceptors (Lipinski definition) is 1. The maximum atomic E-state index is 4.08. The van der Waals surface area contributed by atoms with Gasteiger partial charge in [-0.15, -0.1) is 0 Å². The normalized spacial score (nSPS) is 14.3. The van der Waals surface area contributed by atoms with Crippen LogP contribution >= 0.6 is 0 Å². The fourth-order valence-corrected chi connectivity index (χ4v) is 17.5. The molecule has 1 N–H and O–H groups in total. The highest BCUT2D eigenvalue weighted by Gasteiger charge is 2.45. The van der Waals surface area contributed by atoms with Crippen LogP contribution in [0.2, 0.25) is 33.2 Å². The largest absolute Gasteiger partial charge is 0.322 e. The highest BCUT2D eigenvalue weighted by Crippen LogP contribution is 2.43. The van der Waals surface area contributed by atoms with Gasteiger partial charge in [0, 0.05) is 0 Å².